The van der Waals surface area contributed by atoms with Crippen LogP contribution >= 0.6 is 0 Å². The lowest BCUT2D eigenvalue weighted by Crippen LogP contribution is -2.30. The average molecular weight is 277 g/mol. The van der Waals surface area contributed by atoms with Crippen molar-refractivity contribution in [1.82, 2.24) is 5.32 Å². The van der Waals surface area contributed by atoms with Crippen molar-refractivity contribution in [3.05, 3.63) is 23.8 Å². The molecule has 2 aliphatic heterocycles. The zero-order valence-electron chi connectivity index (χ0n) is 12.2. The fourth-order valence-corrected chi connectivity index (χ4v) is 3.35. The van der Waals surface area contributed by atoms with Gasteiger partial charge in [-0.3, -0.25) is 0 Å². The summed E-state index contributed by atoms with van der Waals surface area (Å²) in [6.07, 6.45) is 2.52. The normalized spacial score (nSPS) is 26.5. The zero-order valence-corrected chi connectivity index (χ0v) is 12.2. The van der Waals surface area contributed by atoms with E-state index in [2.05, 4.69) is 24.4 Å². The van der Waals surface area contributed by atoms with Crippen molar-refractivity contribution in [2.24, 2.45) is 5.92 Å². The van der Waals surface area contributed by atoms with Crippen LogP contribution in [0.2, 0.25) is 0 Å². The molecule has 110 valence electrons. The highest BCUT2D eigenvalue weighted by molar-refractivity contribution is 5.44. The molecule has 0 amide bonds. The Balaban J connectivity index is 1.85. The molecule has 3 unspecified atom stereocenters. The van der Waals surface area contributed by atoms with E-state index in [-0.39, 0.29) is 0 Å². The third-order valence-corrected chi connectivity index (χ3v) is 4.33. The van der Waals surface area contributed by atoms with Crippen molar-refractivity contribution in [3.63, 3.8) is 0 Å². The molecule has 4 nitrogen and oxygen atoms in total. The predicted octanol–water partition coefficient (Wildman–Crippen LogP) is 2.53. The van der Waals surface area contributed by atoms with Crippen LogP contribution in [0.1, 0.15) is 31.4 Å². The standard InChI is InChI=1S/C16H23NO3/c1-3-13-12(6-7-18-13)16(17-2)11-4-5-14-15(10-11)20-9-8-19-14/h4-5,10,12-13,16-17H,3,6-9H2,1-2H3. The molecule has 0 aliphatic carbocycles. The van der Waals surface area contributed by atoms with Gasteiger partial charge in [0.2, 0.25) is 0 Å². The van der Waals surface area contributed by atoms with Crippen molar-refractivity contribution in [2.75, 3.05) is 26.9 Å². The Morgan fingerprint density at radius 3 is 2.75 bits per heavy atom. The minimum absolute atomic E-state index is 0.304. The maximum Gasteiger partial charge on any atom is 0.161 e. The molecule has 0 saturated carbocycles. The fourth-order valence-electron chi connectivity index (χ4n) is 3.35. The summed E-state index contributed by atoms with van der Waals surface area (Å²) in [5, 5.41) is 3.46. The van der Waals surface area contributed by atoms with Crippen molar-refractivity contribution in [3.8, 4) is 11.5 Å². The van der Waals surface area contributed by atoms with E-state index in [1.165, 1.54) is 5.56 Å². The first kappa shape index (κ1) is 13.7. The summed E-state index contributed by atoms with van der Waals surface area (Å²) < 4.78 is 17.1. The molecule has 0 radical (unpaired) electrons. The number of benzene rings is 1. The van der Waals surface area contributed by atoms with Gasteiger partial charge < -0.3 is 19.5 Å². The molecule has 1 aromatic carbocycles. The van der Waals surface area contributed by atoms with Crippen LogP contribution in [0, 0.1) is 5.92 Å². The van der Waals surface area contributed by atoms with Gasteiger partial charge in [-0.2, -0.15) is 0 Å². The van der Waals surface area contributed by atoms with Crippen LogP contribution < -0.4 is 14.8 Å². The van der Waals surface area contributed by atoms with E-state index in [9.17, 15) is 0 Å². The van der Waals surface area contributed by atoms with Gasteiger partial charge in [0.15, 0.2) is 11.5 Å². The highest BCUT2D eigenvalue weighted by Crippen LogP contribution is 2.38. The minimum atomic E-state index is 0.304. The van der Waals surface area contributed by atoms with E-state index in [0.717, 1.165) is 30.9 Å². The van der Waals surface area contributed by atoms with Crippen LogP contribution in [0.15, 0.2) is 18.2 Å². The smallest absolute Gasteiger partial charge is 0.161 e. The molecule has 3 atom stereocenters. The Hall–Kier alpha value is -1.26. The van der Waals surface area contributed by atoms with Gasteiger partial charge in [-0.15, -0.1) is 0 Å². The summed E-state index contributed by atoms with van der Waals surface area (Å²) in [5.41, 5.74) is 1.26. The Kier molecular flexibility index (Phi) is 4.13. The summed E-state index contributed by atoms with van der Waals surface area (Å²) in [6, 6.07) is 6.57. The summed E-state index contributed by atoms with van der Waals surface area (Å²) >= 11 is 0. The molecule has 1 saturated heterocycles. The van der Waals surface area contributed by atoms with Crippen LogP contribution in [-0.4, -0.2) is 33.0 Å². The molecular formula is C16H23NO3. The number of fused-ring (bicyclic) bond motifs is 1. The SMILES string of the molecule is CCC1OCCC1C(NC)c1ccc2c(c1)OCCO2. The van der Waals surface area contributed by atoms with Crippen molar-refractivity contribution < 1.29 is 14.2 Å². The number of nitrogens with one attached hydrogen (secondary N) is 1. The van der Waals surface area contributed by atoms with Gasteiger partial charge in [0, 0.05) is 18.6 Å². The molecule has 0 spiro atoms. The second-order valence-corrected chi connectivity index (χ2v) is 5.44. The van der Waals surface area contributed by atoms with Gasteiger partial charge in [-0.05, 0) is 37.6 Å². The van der Waals surface area contributed by atoms with Crippen LogP contribution in [0.4, 0.5) is 0 Å². The number of hydrogen-bond acceptors (Lipinski definition) is 4. The van der Waals surface area contributed by atoms with E-state index < -0.39 is 0 Å². The lowest BCUT2D eigenvalue weighted by Gasteiger charge is -2.28. The van der Waals surface area contributed by atoms with Crippen LogP contribution in [0.3, 0.4) is 0 Å². The van der Waals surface area contributed by atoms with Gasteiger partial charge >= 0.3 is 0 Å². The zero-order chi connectivity index (χ0) is 13.9. The van der Waals surface area contributed by atoms with Crippen molar-refractivity contribution in [1.29, 1.82) is 0 Å². The van der Waals surface area contributed by atoms with Gasteiger partial charge in [0.05, 0.1) is 6.10 Å². The monoisotopic (exact) mass is 277 g/mol. The Labute approximate surface area is 120 Å². The first-order chi connectivity index (χ1) is 9.83. The molecular weight excluding hydrogens is 254 g/mol. The fraction of sp³-hybridized carbons (Fsp3) is 0.625. The number of rotatable bonds is 4. The Morgan fingerprint density at radius 2 is 2.00 bits per heavy atom. The van der Waals surface area contributed by atoms with E-state index in [1.54, 1.807) is 0 Å². The number of ether oxygens (including phenoxy) is 3. The number of hydrogen-bond donors (Lipinski definition) is 1. The van der Waals surface area contributed by atoms with E-state index in [0.29, 0.717) is 31.3 Å². The van der Waals surface area contributed by atoms with Gasteiger partial charge in [0.25, 0.3) is 0 Å². The summed E-state index contributed by atoms with van der Waals surface area (Å²) in [4.78, 5) is 0. The molecule has 1 N–H and O–H groups in total. The molecule has 3 rings (SSSR count). The Bertz CT molecular complexity index is 463. The van der Waals surface area contributed by atoms with Crippen molar-refractivity contribution >= 4 is 0 Å². The molecule has 2 aliphatic rings. The van der Waals surface area contributed by atoms with Gasteiger partial charge in [0.1, 0.15) is 13.2 Å². The third kappa shape index (κ3) is 2.50. The van der Waals surface area contributed by atoms with Crippen molar-refractivity contribution in [2.45, 2.75) is 31.9 Å². The average Bonchev–Trinajstić information content (AvgIpc) is 2.96. The maximum absolute atomic E-state index is 5.84. The van der Waals surface area contributed by atoms with E-state index >= 15 is 0 Å². The molecule has 1 aromatic rings. The Morgan fingerprint density at radius 1 is 1.20 bits per heavy atom. The molecule has 4 heteroatoms. The van der Waals surface area contributed by atoms with Gasteiger partial charge in [-0.25, -0.2) is 0 Å². The van der Waals surface area contributed by atoms with E-state index in [1.807, 2.05) is 13.1 Å². The predicted molar refractivity (Wildman–Crippen MR) is 77.4 cm³/mol. The lowest BCUT2D eigenvalue weighted by molar-refractivity contribution is 0.0781. The maximum atomic E-state index is 5.84. The van der Waals surface area contributed by atoms with Gasteiger partial charge in [-0.1, -0.05) is 13.0 Å². The molecule has 2 heterocycles. The topological polar surface area (TPSA) is 39.7 Å². The van der Waals surface area contributed by atoms with Crippen LogP contribution in [0.25, 0.3) is 0 Å². The third-order valence-electron chi connectivity index (χ3n) is 4.33. The highest BCUT2D eigenvalue weighted by Gasteiger charge is 2.34. The minimum Gasteiger partial charge on any atom is -0.486 e. The summed E-state index contributed by atoms with van der Waals surface area (Å²) in [5.74, 6) is 2.23. The molecule has 1 fully saturated rings. The molecule has 0 aromatic heterocycles. The summed E-state index contributed by atoms with van der Waals surface area (Å²) in [7, 11) is 2.02. The first-order valence-electron chi connectivity index (χ1n) is 7.52. The highest BCUT2D eigenvalue weighted by atomic mass is 16.6. The molecule has 20 heavy (non-hydrogen) atoms. The molecule has 0 bridgehead atoms. The van der Waals surface area contributed by atoms with Crippen LogP contribution in [0.5, 0.6) is 11.5 Å². The van der Waals surface area contributed by atoms with E-state index in [4.69, 9.17) is 14.2 Å². The summed E-state index contributed by atoms with van der Waals surface area (Å²) in [6.45, 7) is 4.33. The second kappa shape index (κ2) is 6.02. The largest absolute Gasteiger partial charge is 0.486 e. The quantitative estimate of drug-likeness (QED) is 0.918. The second-order valence-electron chi connectivity index (χ2n) is 5.44. The van der Waals surface area contributed by atoms with Crippen LogP contribution in [-0.2, 0) is 4.74 Å². The first-order valence-corrected chi connectivity index (χ1v) is 7.52. The lowest BCUT2D eigenvalue weighted by atomic mass is 9.86.